The van der Waals surface area contributed by atoms with Crippen molar-refractivity contribution >= 4 is 11.9 Å². The summed E-state index contributed by atoms with van der Waals surface area (Å²) in [5.41, 5.74) is -5.47. The van der Waals surface area contributed by atoms with Crippen molar-refractivity contribution < 1.29 is 55.2 Å². The van der Waals surface area contributed by atoms with Gasteiger partial charge in [0.1, 0.15) is 11.3 Å². The topological polar surface area (TPSA) is 97.3 Å². The van der Waals surface area contributed by atoms with Crippen LogP contribution in [0.4, 0.5) is 31.1 Å². The van der Waals surface area contributed by atoms with Crippen LogP contribution in [0.3, 0.4) is 0 Å². The second kappa shape index (κ2) is 12.6. The fourth-order valence-corrected chi connectivity index (χ4v) is 5.72. The van der Waals surface area contributed by atoms with E-state index < -0.39 is 41.0 Å². The van der Waals surface area contributed by atoms with Crippen LogP contribution in [-0.2, 0) is 22.4 Å². The standard InChI is InChI=1S/C33H32F6N2O6/c1-3-7-24-23(20-10-12-21(13-11-20)31(44,32(34,35)36)33(37,38)39)8-6-9-25(24)45-17-5-4-16-41-28(42)30(2,40-29(41)43)22-14-15-26-27(18-22)47-19-46-26/h6,8-15,18,44H,3-5,7,16-17,19H2,1-2H3,(H,40,43). The number of rotatable bonds is 11. The molecular weight excluding hydrogens is 634 g/mol. The number of hydrogen-bond donors (Lipinski definition) is 2. The maximum Gasteiger partial charge on any atom is 0.430 e. The SMILES string of the molecule is CCCc1c(OCCCCN2C(=O)NC(C)(c3ccc4c(c3)OCO4)C2=O)cccc1-c1ccc(C(O)(C(F)(F)F)C(F)(F)F)cc1. The van der Waals surface area contributed by atoms with E-state index in [1.807, 2.05) is 6.92 Å². The predicted octanol–water partition coefficient (Wildman–Crippen LogP) is 6.97. The van der Waals surface area contributed by atoms with Crippen molar-refractivity contribution in [2.45, 2.75) is 63.0 Å². The van der Waals surface area contributed by atoms with Crippen LogP contribution in [0.5, 0.6) is 17.2 Å². The van der Waals surface area contributed by atoms with Crippen molar-refractivity contribution in [1.82, 2.24) is 10.2 Å². The number of urea groups is 1. The minimum Gasteiger partial charge on any atom is -0.493 e. The molecule has 3 amide bonds. The molecule has 47 heavy (non-hydrogen) atoms. The third-order valence-corrected chi connectivity index (χ3v) is 8.33. The number of nitrogens with one attached hydrogen (secondary N) is 1. The molecule has 2 aliphatic rings. The molecule has 8 nitrogen and oxygen atoms in total. The van der Waals surface area contributed by atoms with Crippen LogP contribution in [0.15, 0.2) is 60.7 Å². The Bertz CT molecular complexity index is 1630. The van der Waals surface area contributed by atoms with Crippen LogP contribution in [0.2, 0.25) is 0 Å². The summed E-state index contributed by atoms with van der Waals surface area (Å²) in [6.45, 7) is 3.96. The van der Waals surface area contributed by atoms with E-state index in [0.29, 0.717) is 77.3 Å². The van der Waals surface area contributed by atoms with Crippen molar-refractivity contribution in [3.63, 3.8) is 0 Å². The Morgan fingerprint density at radius 3 is 2.28 bits per heavy atom. The Morgan fingerprint density at radius 1 is 0.936 bits per heavy atom. The van der Waals surface area contributed by atoms with Crippen LogP contribution in [0.25, 0.3) is 11.1 Å². The van der Waals surface area contributed by atoms with E-state index in [-0.39, 0.29) is 19.9 Å². The molecule has 14 heteroatoms. The average molecular weight is 667 g/mol. The number of alkyl halides is 6. The molecule has 5 rings (SSSR count). The monoisotopic (exact) mass is 666 g/mol. The summed E-state index contributed by atoms with van der Waals surface area (Å²) in [6.07, 6.45) is -9.89. The molecule has 0 aliphatic carbocycles. The third-order valence-electron chi connectivity index (χ3n) is 8.33. The number of benzene rings is 3. The number of amides is 3. The Balaban J connectivity index is 1.23. The number of nitrogens with zero attached hydrogens (tertiary/aromatic N) is 1. The Hall–Kier alpha value is -4.46. The maximum absolute atomic E-state index is 13.3. The minimum atomic E-state index is -5.98. The molecule has 0 aromatic heterocycles. The molecule has 0 radical (unpaired) electrons. The zero-order valence-corrected chi connectivity index (χ0v) is 25.4. The van der Waals surface area contributed by atoms with Crippen LogP contribution < -0.4 is 19.5 Å². The van der Waals surface area contributed by atoms with E-state index in [0.717, 1.165) is 17.0 Å². The Kier molecular flexibility index (Phi) is 9.10. The van der Waals surface area contributed by atoms with Gasteiger partial charge in [-0.05, 0) is 61.1 Å². The highest BCUT2D eigenvalue weighted by Crippen LogP contribution is 2.50. The van der Waals surface area contributed by atoms with Crippen molar-refractivity contribution in [3.8, 4) is 28.4 Å². The number of hydrogen-bond acceptors (Lipinski definition) is 6. The van der Waals surface area contributed by atoms with Gasteiger partial charge in [-0.25, -0.2) is 4.79 Å². The summed E-state index contributed by atoms with van der Waals surface area (Å²) in [4.78, 5) is 27.2. The van der Waals surface area contributed by atoms with Gasteiger partial charge in [0.25, 0.3) is 11.5 Å². The van der Waals surface area contributed by atoms with E-state index in [9.17, 15) is 41.0 Å². The largest absolute Gasteiger partial charge is 0.493 e. The summed E-state index contributed by atoms with van der Waals surface area (Å²) in [5.74, 6) is 1.12. The predicted molar refractivity (Wildman–Crippen MR) is 157 cm³/mol. The summed E-state index contributed by atoms with van der Waals surface area (Å²) >= 11 is 0. The molecule has 3 aromatic rings. The van der Waals surface area contributed by atoms with Gasteiger partial charge in [-0.1, -0.05) is 55.8 Å². The highest BCUT2D eigenvalue weighted by Gasteiger charge is 2.71. The lowest BCUT2D eigenvalue weighted by molar-refractivity contribution is -0.376. The van der Waals surface area contributed by atoms with Gasteiger partial charge in [0.05, 0.1) is 6.61 Å². The average Bonchev–Trinajstić information content (AvgIpc) is 3.58. The fraction of sp³-hybridized carbons (Fsp3) is 0.394. The highest BCUT2D eigenvalue weighted by molar-refractivity contribution is 6.07. The van der Waals surface area contributed by atoms with Crippen LogP contribution in [0.1, 0.15) is 49.8 Å². The lowest BCUT2D eigenvalue weighted by Gasteiger charge is -2.32. The van der Waals surface area contributed by atoms with E-state index in [4.69, 9.17) is 14.2 Å². The van der Waals surface area contributed by atoms with E-state index in [2.05, 4.69) is 5.32 Å². The van der Waals surface area contributed by atoms with Gasteiger partial charge in [0.15, 0.2) is 11.5 Å². The number of aliphatic hydroxyl groups is 1. The number of ether oxygens (including phenoxy) is 3. The number of carbonyl (C=O) groups is 2. The van der Waals surface area contributed by atoms with Gasteiger partial charge >= 0.3 is 18.4 Å². The summed E-state index contributed by atoms with van der Waals surface area (Å²) in [5, 5.41) is 12.5. The van der Waals surface area contributed by atoms with Crippen LogP contribution in [-0.4, -0.2) is 54.2 Å². The van der Waals surface area contributed by atoms with Gasteiger partial charge in [0, 0.05) is 17.7 Å². The minimum absolute atomic E-state index is 0.0727. The van der Waals surface area contributed by atoms with Gasteiger partial charge in [-0.3, -0.25) is 9.69 Å². The van der Waals surface area contributed by atoms with Crippen molar-refractivity contribution in [2.24, 2.45) is 0 Å². The zero-order chi connectivity index (χ0) is 34.2. The molecule has 0 spiro atoms. The highest BCUT2D eigenvalue weighted by atomic mass is 19.4. The van der Waals surface area contributed by atoms with Gasteiger partial charge in [-0.2, -0.15) is 26.3 Å². The second-order valence-electron chi connectivity index (χ2n) is 11.5. The smallest absolute Gasteiger partial charge is 0.430 e. The fourth-order valence-electron chi connectivity index (χ4n) is 5.72. The first-order valence-electron chi connectivity index (χ1n) is 14.9. The van der Waals surface area contributed by atoms with Crippen molar-refractivity contribution in [1.29, 1.82) is 0 Å². The lowest BCUT2D eigenvalue weighted by Crippen LogP contribution is -2.53. The molecule has 252 valence electrons. The Morgan fingerprint density at radius 2 is 1.62 bits per heavy atom. The lowest BCUT2D eigenvalue weighted by atomic mass is 9.89. The number of imide groups is 1. The van der Waals surface area contributed by atoms with Crippen molar-refractivity contribution in [2.75, 3.05) is 19.9 Å². The summed E-state index contributed by atoms with van der Waals surface area (Å²) in [7, 11) is 0. The van der Waals surface area contributed by atoms with Crippen LogP contribution >= 0.6 is 0 Å². The van der Waals surface area contributed by atoms with Crippen LogP contribution in [0, 0.1) is 0 Å². The Labute approximate surface area is 266 Å². The molecule has 1 atom stereocenters. The summed E-state index contributed by atoms with van der Waals surface area (Å²) < 4.78 is 96.8. The molecule has 1 unspecified atom stereocenters. The zero-order valence-electron chi connectivity index (χ0n) is 25.4. The first-order chi connectivity index (χ1) is 22.1. The second-order valence-corrected chi connectivity index (χ2v) is 11.5. The first kappa shape index (κ1) is 33.9. The number of carbonyl (C=O) groups excluding carboxylic acids is 2. The third kappa shape index (κ3) is 6.18. The molecule has 1 saturated heterocycles. The maximum atomic E-state index is 13.3. The quantitative estimate of drug-likeness (QED) is 0.130. The molecule has 2 aliphatic heterocycles. The van der Waals surface area contributed by atoms with Gasteiger partial charge in [-0.15, -0.1) is 0 Å². The molecule has 2 N–H and O–H groups in total. The van der Waals surface area contributed by atoms with E-state index >= 15 is 0 Å². The van der Waals surface area contributed by atoms with E-state index in [1.54, 1.807) is 43.3 Å². The molecule has 0 saturated carbocycles. The van der Waals surface area contributed by atoms with E-state index in [1.165, 1.54) is 0 Å². The molecular formula is C33H32F6N2O6. The number of unbranched alkanes of at least 4 members (excludes halogenated alkanes) is 1. The van der Waals surface area contributed by atoms with Crippen molar-refractivity contribution in [3.05, 3.63) is 77.4 Å². The summed E-state index contributed by atoms with van der Waals surface area (Å²) in [6, 6.07) is 13.0. The molecule has 0 bridgehead atoms. The number of halogens is 6. The van der Waals surface area contributed by atoms with Gasteiger partial charge < -0.3 is 24.6 Å². The molecule has 2 heterocycles. The number of fused-ring (bicyclic) bond motifs is 1. The van der Waals surface area contributed by atoms with Gasteiger partial charge in [0.2, 0.25) is 6.79 Å². The molecule has 1 fully saturated rings. The molecule has 3 aromatic carbocycles. The first-order valence-corrected chi connectivity index (χ1v) is 14.9. The normalized spacial score (nSPS) is 18.1.